The van der Waals surface area contributed by atoms with Crippen molar-refractivity contribution in [2.45, 2.75) is 26.3 Å². The second kappa shape index (κ2) is 6.49. The first-order valence-electron chi connectivity index (χ1n) is 6.44. The summed E-state index contributed by atoms with van der Waals surface area (Å²) in [6.45, 7) is 4.27. The number of benzene rings is 1. The van der Waals surface area contributed by atoms with E-state index in [1.54, 1.807) is 6.07 Å². The van der Waals surface area contributed by atoms with E-state index in [4.69, 9.17) is 10.5 Å². The van der Waals surface area contributed by atoms with Crippen LogP contribution in [0.1, 0.15) is 31.0 Å². The molecule has 0 fully saturated rings. The molecule has 0 amide bonds. The monoisotopic (exact) mass is 356 g/mol. The predicted molar refractivity (Wildman–Crippen MR) is 80.3 cm³/mol. The van der Waals surface area contributed by atoms with Gasteiger partial charge < -0.3 is 10.5 Å². The molecule has 0 bridgehead atoms. The van der Waals surface area contributed by atoms with Crippen LogP contribution in [-0.2, 0) is 6.54 Å². The molecule has 2 N–H and O–H groups in total. The molecule has 1 aromatic heterocycles. The zero-order valence-electron chi connectivity index (χ0n) is 11.7. The maximum atomic E-state index is 13.7. The van der Waals surface area contributed by atoms with Crippen LogP contribution in [0.5, 0.6) is 11.6 Å². The van der Waals surface area contributed by atoms with Gasteiger partial charge in [-0.25, -0.2) is 9.37 Å². The fourth-order valence-electron chi connectivity index (χ4n) is 1.77. The van der Waals surface area contributed by atoms with Crippen LogP contribution < -0.4 is 10.5 Å². The first kappa shape index (κ1) is 15.9. The summed E-state index contributed by atoms with van der Waals surface area (Å²) in [5.74, 6) is -1.90. The van der Waals surface area contributed by atoms with Crippen molar-refractivity contribution in [3.05, 3.63) is 51.6 Å². The zero-order valence-corrected chi connectivity index (χ0v) is 13.2. The van der Waals surface area contributed by atoms with Crippen molar-refractivity contribution in [3.8, 4) is 11.6 Å². The summed E-state index contributed by atoms with van der Waals surface area (Å²) in [6.07, 6.45) is 0. The van der Waals surface area contributed by atoms with Crippen molar-refractivity contribution in [3.63, 3.8) is 0 Å². The van der Waals surface area contributed by atoms with E-state index in [1.807, 2.05) is 19.9 Å². The third-order valence-corrected chi connectivity index (χ3v) is 3.34. The largest absolute Gasteiger partial charge is 0.436 e. The molecule has 0 unspecified atom stereocenters. The molecule has 1 heterocycles. The van der Waals surface area contributed by atoms with Gasteiger partial charge in [-0.2, -0.15) is 4.39 Å². The minimum absolute atomic E-state index is 0.169. The molecule has 0 radical (unpaired) electrons. The topological polar surface area (TPSA) is 48.1 Å². The molecular formula is C15H15BrF2N2O. The number of aromatic nitrogens is 1. The summed E-state index contributed by atoms with van der Waals surface area (Å²) in [7, 11) is 0. The number of ether oxygens (including phenoxy) is 1. The quantitative estimate of drug-likeness (QED) is 0.820. The SMILES string of the molecule is CC(C)c1cc(CN)cc(Oc2cc(Br)cc(F)c2F)n1. The van der Waals surface area contributed by atoms with Crippen molar-refractivity contribution < 1.29 is 13.5 Å². The van der Waals surface area contributed by atoms with Crippen molar-refractivity contribution in [2.75, 3.05) is 0 Å². The van der Waals surface area contributed by atoms with Gasteiger partial charge in [-0.05, 0) is 29.7 Å². The fourth-order valence-corrected chi connectivity index (χ4v) is 2.18. The van der Waals surface area contributed by atoms with Gasteiger partial charge in [-0.15, -0.1) is 0 Å². The van der Waals surface area contributed by atoms with Crippen LogP contribution in [0.15, 0.2) is 28.7 Å². The van der Waals surface area contributed by atoms with Crippen LogP contribution in [-0.4, -0.2) is 4.98 Å². The maximum Gasteiger partial charge on any atom is 0.219 e. The van der Waals surface area contributed by atoms with Crippen molar-refractivity contribution in [2.24, 2.45) is 5.73 Å². The molecule has 0 atom stereocenters. The number of pyridine rings is 1. The third kappa shape index (κ3) is 3.77. The Morgan fingerprint density at radius 3 is 2.57 bits per heavy atom. The molecule has 2 rings (SSSR count). The van der Waals surface area contributed by atoms with E-state index in [-0.39, 0.29) is 17.5 Å². The molecule has 0 aliphatic carbocycles. The van der Waals surface area contributed by atoms with E-state index in [0.717, 1.165) is 17.3 Å². The highest BCUT2D eigenvalue weighted by molar-refractivity contribution is 9.10. The molecular weight excluding hydrogens is 342 g/mol. The molecule has 112 valence electrons. The van der Waals surface area contributed by atoms with Crippen LogP contribution >= 0.6 is 15.9 Å². The average Bonchev–Trinajstić information content (AvgIpc) is 2.43. The number of hydrogen-bond donors (Lipinski definition) is 1. The van der Waals surface area contributed by atoms with E-state index in [9.17, 15) is 8.78 Å². The number of nitrogens with zero attached hydrogens (tertiary/aromatic N) is 1. The lowest BCUT2D eigenvalue weighted by molar-refractivity contribution is 0.403. The normalized spacial score (nSPS) is 11.0. The lowest BCUT2D eigenvalue weighted by Gasteiger charge is -2.12. The van der Waals surface area contributed by atoms with E-state index in [0.29, 0.717) is 11.0 Å². The first-order valence-corrected chi connectivity index (χ1v) is 7.23. The Kier molecular flexibility index (Phi) is 4.90. The van der Waals surface area contributed by atoms with Gasteiger partial charge >= 0.3 is 0 Å². The van der Waals surface area contributed by atoms with Gasteiger partial charge in [0.2, 0.25) is 11.7 Å². The molecule has 1 aromatic carbocycles. The first-order chi connectivity index (χ1) is 9.90. The summed E-state index contributed by atoms with van der Waals surface area (Å²) in [5, 5.41) is 0. The van der Waals surface area contributed by atoms with Gasteiger partial charge in [0.05, 0.1) is 0 Å². The second-order valence-electron chi connectivity index (χ2n) is 4.90. The van der Waals surface area contributed by atoms with Crippen LogP contribution in [0.3, 0.4) is 0 Å². The van der Waals surface area contributed by atoms with Crippen LogP contribution in [0.2, 0.25) is 0 Å². The third-order valence-electron chi connectivity index (χ3n) is 2.88. The van der Waals surface area contributed by atoms with Gasteiger partial charge in [0, 0.05) is 22.8 Å². The predicted octanol–water partition coefficient (Wildman–Crippen LogP) is 4.50. The van der Waals surface area contributed by atoms with Crippen molar-refractivity contribution >= 4 is 15.9 Å². The molecule has 21 heavy (non-hydrogen) atoms. The second-order valence-corrected chi connectivity index (χ2v) is 5.81. The minimum Gasteiger partial charge on any atom is -0.436 e. The van der Waals surface area contributed by atoms with Crippen molar-refractivity contribution in [1.82, 2.24) is 4.98 Å². The fraction of sp³-hybridized carbons (Fsp3) is 0.267. The van der Waals surface area contributed by atoms with Gasteiger partial charge in [-0.3, -0.25) is 0 Å². The standard InChI is InChI=1S/C15H15BrF2N2O/c1-8(2)12-3-9(7-19)4-14(20-12)21-13-6-10(16)5-11(17)15(13)18/h3-6,8H,7,19H2,1-2H3. The van der Waals surface area contributed by atoms with E-state index in [2.05, 4.69) is 20.9 Å². The highest BCUT2D eigenvalue weighted by atomic mass is 79.9. The number of hydrogen-bond acceptors (Lipinski definition) is 3. The smallest absolute Gasteiger partial charge is 0.219 e. The summed E-state index contributed by atoms with van der Waals surface area (Å²) in [6, 6.07) is 5.87. The zero-order chi connectivity index (χ0) is 15.6. The van der Waals surface area contributed by atoms with E-state index in [1.165, 1.54) is 6.07 Å². The van der Waals surface area contributed by atoms with Crippen LogP contribution in [0.25, 0.3) is 0 Å². The molecule has 2 aromatic rings. The Labute approximate surface area is 130 Å². The molecule has 0 saturated heterocycles. The Hall–Kier alpha value is -1.53. The molecule has 0 spiro atoms. The van der Waals surface area contributed by atoms with E-state index < -0.39 is 11.6 Å². The highest BCUT2D eigenvalue weighted by Crippen LogP contribution is 2.30. The molecule has 6 heteroatoms. The number of halogens is 3. The maximum absolute atomic E-state index is 13.7. The van der Waals surface area contributed by atoms with Crippen molar-refractivity contribution in [1.29, 1.82) is 0 Å². The van der Waals surface area contributed by atoms with Gasteiger partial charge in [-0.1, -0.05) is 29.8 Å². The molecule has 0 aliphatic rings. The summed E-state index contributed by atoms with van der Waals surface area (Å²) >= 11 is 3.10. The highest BCUT2D eigenvalue weighted by Gasteiger charge is 2.14. The summed E-state index contributed by atoms with van der Waals surface area (Å²) in [4.78, 5) is 4.29. The lowest BCUT2D eigenvalue weighted by atomic mass is 10.1. The van der Waals surface area contributed by atoms with E-state index >= 15 is 0 Å². The minimum atomic E-state index is -1.05. The lowest BCUT2D eigenvalue weighted by Crippen LogP contribution is -2.03. The van der Waals surface area contributed by atoms with Gasteiger partial charge in [0.15, 0.2) is 11.6 Å². The Morgan fingerprint density at radius 1 is 1.24 bits per heavy atom. The average molecular weight is 357 g/mol. The molecule has 3 nitrogen and oxygen atoms in total. The molecule has 0 aliphatic heterocycles. The molecule has 0 saturated carbocycles. The number of nitrogens with two attached hydrogens (primary N) is 1. The van der Waals surface area contributed by atoms with Gasteiger partial charge in [0.1, 0.15) is 0 Å². The Morgan fingerprint density at radius 2 is 1.95 bits per heavy atom. The Balaban J connectivity index is 2.41. The summed E-state index contributed by atoms with van der Waals surface area (Å²) in [5.41, 5.74) is 7.23. The number of rotatable bonds is 4. The van der Waals surface area contributed by atoms with Gasteiger partial charge in [0.25, 0.3) is 0 Å². The summed E-state index contributed by atoms with van der Waals surface area (Å²) < 4.78 is 32.9. The van der Waals surface area contributed by atoms with Crippen LogP contribution in [0.4, 0.5) is 8.78 Å². The van der Waals surface area contributed by atoms with Crippen LogP contribution in [0, 0.1) is 11.6 Å². The Bertz CT molecular complexity index is 662.